The van der Waals surface area contributed by atoms with Gasteiger partial charge in [-0.2, -0.15) is 0 Å². The van der Waals surface area contributed by atoms with Crippen molar-refractivity contribution in [3.63, 3.8) is 0 Å². The molecule has 0 fully saturated rings. The first-order valence-electron chi connectivity index (χ1n) is 5.92. The highest BCUT2D eigenvalue weighted by atomic mass is 19.1. The molecule has 0 radical (unpaired) electrons. The molecule has 2 nitrogen and oxygen atoms in total. The molecule has 0 saturated carbocycles. The molecule has 0 bridgehead atoms. The van der Waals surface area contributed by atoms with Crippen LogP contribution in [0.15, 0.2) is 54.4 Å². The van der Waals surface area contributed by atoms with Crippen molar-refractivity contribution in [3.8, 4) is 5.75 Å². The lowest BCUT2D eigenvalue weighted by atomic mass is 10.1. The normalized spacial score (nSPS) is 11.2. The lowest BCUT2D eigenvalue weighted by Crippen LogP contribution is -2.00. The van der Waals surface area contributed by atoms with Crippen LogP contribution in [-0.4, -0.2) is 12.9 Å². The Hall–Kier alpha value is -2.49. The lowest BCUT2D eigenvalue weighted by Gasteiger charge is -2.02. The van der Waals surface area contributed by atoms with Crippen molar-refractivity contribution < 1.29 is 18.3 Å². The Morgan fingerprint density at radius 1 is 1.10 bits per heavy atom. The molecule has 0 unspecified atom stereocenters. The van der Waals surface area contributed by atoms with Gasteiger partial charge in [0, 0.05) is 11.1 Å². The van der Waals surface area contributed by atoms with Gasteiger partial charge in [-0.05, 0) is 36.4 Å². The first-order chi connectivity index (χ1) is 9.61. The molecule has 20 heavy (non-hydrogen) atoms. The number of carbonyl (C=O) groups is 1. The number of carbonyl (C=O) groups excluding carboxylic acids is 1. The summed E-state index contributed by atoms with van der Waals surface area (Å²) in [4.78, 5) is 11.9. The molecule has 4 heteroatoms. The van der Waals surface area contributed by atoms with E-state index in [1.807, 2.05) is 0 Å². The molecule has 2 rings (SSSR count). The summed E-state index contributed by atoms with van der Waals surface area (Å²) in [6.45, 7) is 0. The Morgan fingerprint density at radius 3 is 2.35 bits per heavy atom. The summed E-state index contributed by atoms with van der Waals surface area (Å²) in [5.41, 5.74) is 0.211. The minimum absolute atomic E-state index is 0.0341. The average molecular weight is 274 g/mol. The van der Waals surface area contributed by atoms with Gasteiger partial charge in [-0.15, -0.1) is 0 Å². The topological polar surface area (TPSA) is 26.3 Å². The third-order valence-corrected chi connectivity index (χ3v) is 2.76. The molecule has 0 spiro atoms. The quantitative estimate of drug-likeness (QED) is 0.621. The largest absolute Gasteiger partial charge is 0.497 e. The maximum atomic E-state index is 13.8. The van der Waals surface area contributed by atoms with E-state index < -0.39 is 17.4 Å². The van der Waals surface area contributed by atoms with E-state index >= 15 is 0 Å². The van der Waals surface area contributed by atoms with Gasteiger partial charge in [0.15, 0.2) is 5.83 Å². The Balaban J connectivity index is 2.26. The van der Waals surface area contributed by atoms with E-state index in [1.165, 1.54) is 37.4 Å². The molecular formula is C16H12F2O2. The van der Waals surface area contributed by atoms with E-state index in [4.69, 9.17) is 4.74 Å². The summed E-state index contributed by atoms with van der Waals surface area (Å²) in [6, 6.07) is 11.7. The molecule has 0 N–H and O–H groups in total. The highest BCUT2D eigenvalue weighted by molar-refractivity contribution is 6.09. The van der Waals surface area contributed by atoms with E-state index in [2.05, 4.69) is 0 Å². The van der Waals surface area contributed by atoms with E-state index in [1.54, 1.807) is 18.2 Å². The van der Waals surface area contributed by atoms with E-state index in [0.29, 0.717) is 5.75 Å². The van der Waals surface area contributed by atoms with E-state index in [0.717, 1.165) is 6.08 Å². The van der Waals surface area contributed by atoms with E-state index in [9.17, 15) is 13.6 Å². The minimum atomic E-state index is -1.01. The smallest absolute Gasteiger partial charge is 0.221 e. The summed E-state index contributed by atoms with van der Waals surface area (Å²) in [7, 11) is 1.50. The van der Waals surface area contributed by atoms with E-state index in [-0.39, 0.29) is 11.1 Å². The summed E-state index contributed by atoms with van der Waals surface area (Å²) >= 11 is 0. The fourth-order valence-electron chi connectivity index (χ4n) is 1.67. The van der Waals surface area contributed by atoms with Crippen molar-refractivity contribution in [2.45, 2.75) is 0 Å². The van der Waals surface area contributed by atoms with Crippen molar-refractivity contribution in [3.05, 3.63) is 71.3 Å². The number of Topliss-reactive ketones (excluding diaryl/α,β-unsaturated/α-hetero) is 1. The lowest BCUT2D eigenvalue weighted by molar-refractivity contribution is 0.101. The molecule has 2 aromatic rings. The molecule has 2 aromatic carbocycles. The predicted octanol–water partition coefficient (Wildman–Crippen LogP) is 4.03. The molecule has 0 aromatic heterocycles. The number of ether oxygens (including phenoxy) is 1. The highest BCUT2D eigenvalue weighted by Crippen LogP contribution is 2.18. The Kier molecular flexibility index (Phi) is 4.25. The standard InChI is InChI=1S/C16H12F2O2/c1-20-13-8-6-11(7-9-13)16(19)15(18)10-12-4-2-3-5-14(12)17/h2-10H,1H3/b15-10-. The maximum absolute atomic E-state index is 13.8. The van der Waals surface area contributed by atoms with Crippen LogP contribution >= 0.6 is 0 Å². The van der Waals surface area contributed by atoms with Gasteiger partial charge in [-0.1, -0.05) is 18.2 Å². The predicted molar refractivity (Wildman–Crippen MR) is 72.8 cm³/mol. The van der Waals surface area contributed by atoms with Crippen LogP contribution in [0, 0.1) is 5.82 Å². The molecule has 0 heterocycles. The monoisotopic (exact) mass is 274 g/mol. The van der Waals surface area contributed by atoms with Crippen LogP contribution in [0.4, 0.5) is 8.78 Å². The van der Waals surface area contributed by atoms with Crippen LogP contribution in [0.2, 0.25) is 0 Å². The van der Waals surface area contributed by atoms with Crippen LogP contribution in [0.25, 0.3) is 6.08 Å². The number of hydrogen-bond donors (Lipinski definition) is 0. The molecule has 0 aliphatic carbocycles. The first kappa shape index (κ1) is 13.9. The van der Waals surface area contributed by atoms with Crippen molar-refractivity contribution in [1.29, 1.82) is 0 Å². The molecule has 0 aliphatic rings. The minimum Gasteiger partial charge on any atom is -0.497 e. The van der Waals surface area contributed by atoms with Gasteiger partial charge in [0.25, 0.3) is 0 Å². The van der Waals surface area contributed by atoms with Crippen LogP contribution in [0.3, 0.4) is 0 Å². The van der Waals surface area contributed by atoms with Gasteiger partial charge in [-0.25, -0.2) is 8.78 Å². The first-order valence-corrected chi connectivity index (χ1v) is 5.92. The summed E-state index contributed by atoms with van der Waals surface area (Å²) in [6.07, 6.45) is 0.891. The van der Waals surface area contributed by atoms with Gasteiger partial charge in [0.1, 0.15) is 11.6 Å². The second-order valence-corrected chi connectivity index (χ2v) is 4.07. The molecule has 0 atom stereocenters. The van der Waals surface area contributed by atoms with Crippen molar-refractivity contribution in [2.24, 2.45) is 0 Å². The number of allylic oxidation sites excluding steroid dienone is 1. The third-order valence-electron chi connectivity index (χ3n) is 2.76. The van der Waals surface area contributed by atoms with Gasteiger partial charge in [0.05, 0.1) is 7.11 Å². The summed E-state index contributed by atoms with van der Waals surface area (Å²) in [5, 5.41) is 0. The number of rotatable bonds is 4. The zero-order valence-electron chi connectivity index (χ0n) is 10.8. The van der Waals surface area contributed by atoms with Crippen molar-refractivity contribution in [2.75, 3.05) is 7.11 Å². The third kappa shape index (κ3) is 3.09. The SMILES string of the molecule is COc1ccc(C(=O)/C(F)=C/c2ccccc2F)cc1. The molecule has 102 valence electrons. The summed E-state index contributed by atoms with van der Waals surface area (Å²) < 4.78 is 32.2. The van der Waals surface area contributed by atoms with Crippen LogP contribution < -0.4 is 4.74 Å². The van der Waals surface area contributed by atoms with Crippen LogP contribution in [-0.2, 0) is 0 Å². The van der Waals surface area contributed by atoms with Crippen molar-refractivity contribution >= 4 is 11.9 Å². The number of halogens is 2. The Morgan fingerprint density at radius 2 is 1.75 bits per heavy atom. The number of hydrogen-bond acceptors (Lipinski definition) is 2. The van der Waals surface area contributed by atoms with Crippen LogP contribution in [0.1, 0.15) is 15.9 Å². The Bertz CT molecular complexity index is 646. The van der Waals surface area contributed by atoms with Gasteiger partial charge in [0.2, 0.25) is 5.78 Å². The van der Waals surface area contributed by atoms with Gasteiger partial charge < -0.3 is 4.74 Å². The summed E-state index contributed by atoms with van der Waals surface area (Å²) in [5.74, 6) is -1.82. The fourth-order valence-corrected chi connectivity index (χ4v) is 1.67. The zero-order valence-corrected chi connectivity index (χ0v) is 10.8. The highest BCUT2D eigenvalue weighted by Gasteiger charge is 2.13. The second-order valence-electron chi connectivity index (χ2n) is 4.07. The molecular weight excluding hydrogens is 262 g/mol. The average Bonchev–Trinajstić information content (AvgIpc) is 2.49. The zero-order chi connectivity index (χ0) is 14.5. The van der Waals surface area contributed by atoms with Gasteiger partial charge >= 0.3 is 0 Å². The fraction of sp³-hybridized carbons (Fsp3) is 0.0625. The maximum Gasteiger partial charge on any atom is 0.221 e. The van der Waals surface area contributed by atoms with Gasteiger partial charge in [-0.3, -0.25) is 4.79 Å². The molecule has 0 amide bonds. The number of ketones is 1. The number of methoxy groups -OCH3 is 1. The molecule has 0 saturated heterocycles. The van der Waals surface area contributed by atoms with Crippen LogP contribution in [0.5, 0.6) is 5.75 Å². The Labute approximate surface area is 115 Å². The number of benzene rings is 2. The second kappa shape index (κ2) is 6.10. The molecule has 0 aliphatic heterocycles. The van der Waals surface area contributed by atoms with Crippen molar-refractivity contribution in [1.82, 2.24) is 0 Å².